The summed E-state index contributed by atoms with van der Waals surface area (Å²) in [5.41, 5.74) is 7.55. The third-order valence-electron chi connectivity index (χ3n) is 3.85. The number of hydrogen-bond donors (Lipinski definition) is 3. The number of rotatable bonds is 3. The summed E-state index contributed by atoms with van der Waals surface area (Å²) in [6, 6.07) is 7.70. The lowest BCUT2D eigenvalue weighted by molar-refractivity contribution is -0.119. The zero-order valence-corrected chi connectivity index (χ0v) is 13.2. The van der Waals surface area contributed by atoms with E-state index in [-0.39, 0.29) is 30.3 Å². The van der Waals surface area contributed by atoms with Crippen LogP contribution in [-0.2, 0) is 4.79 Å². The predicted octanol–water partition coefficient (Wildman–Crippen LogP) is 2.27. The van der Waals surface area contributed by atoms with Crippen LogP contribution in [0, 0.1) is 12.8 Å². The molecule has 1 aromatic heterocycles. The van der Waals surface area contributed by atoms with Gasteiger partial charge >= 0.3 is 0 Å². The van der Waals surface area contributed by atoms with Crippen LogP contribution in [0.3, 0.4) is 0 Å². The quantitative estimate of drug-likeness (QED) is 0.807. The van der Waals surface area contributed by atoms with E-state index in [1.54, 1.807) is 0 Å². The number of nitrogens with two attached hydrogens (primary N) is 1. The number of hydrogen-bond acceptors (Lipinski definition) is 4. The van der Waals surface area contributed by atoms with Gasteiger partial charge in [-0.2, -0.15) is 5.10 Å². The van der Waals surface area contributed by atoms with Crippen LogP contribution >= 0.6 is 12.4 Å². The maximum Gasteiger partial charge on any atom is 0.227 e. The Morgan fingerprint density at radius 3 is 2.59 bits per heavy atom. The van der Waals surface area contributed by atoms with E-state index in [1.807, 2.05) is 31.2 Å². The Balaban J connectivity index is 0.00000176. The van der Waals surface area contributed by atoms with Crippen molar-refractivity contribution in [3.8, 4) is 11.4 Å². The van der Waals surface area contributed by atoms with E-state index in [0.717, 1.165) is 36.3 Å². The smallest absolute Gasteiger partial charge is 0.227 e. The van der Waals surface area contributed by atoms with Gasteiger partial charge in [0, 0.05) is 23.2 Å². The number of nitrogens with one attached hydrogen (secondary N) is 2. The Morgan fingerprint density at radius 2 is 2.05 bits per heavy atom. The molecule has 1 aromatic carbocycles. The molecular weight excluding hydrogens is 302 g/mol. The zero-order chi connectivity index (χ0) is 14.8. The van der Waals surface area contributed by atoms with Crippen molar-refractivity contribution in [2.24, 2.45) is 11.7 Å². The van der Waals surface area contributed by atoms with E-state index < -0.39 is 0 Å². The normalized spacial score (nSPS) is 20.5. The molecule has 2 aromatic rings. The maximum atomic E-state index is 12.1. The summed E-state index contributed by atoms with van der Waals surface area (Å²) in [4.78, 5) is 16.4. The van der Waals surface area contributed by atoms with Gasteiger partial charge in [-0.15, -0.1) is 12.4 Å². The molecule has 1 aliphatic carbocycles. The van der Waals surface area contributed by atoms with E-state index in [2.05, 4.69) is 20.5 Å². The number of nitrogens with zero attached hydrogens (tertiary/aromatic N) is 2. The molecule has 4 N–H and O–H groups in total. The van der Waals surface area contributed by atoms with E-state index in [4.69, 9.17) is 5.73 Å². The van der Waals surface area contributed by atoms with Crippen molar-refractivity contribution in [1.82, 2.24) is 15.2 Å². The number of carbonyl (C=O) groups excluding carboxylic acids is 1. The number of aromatic nitrogens is 3. The van der Waals surface area contributed by atoms with Gasteiger partial charge < -0.3 is 11.1 Å². The fourth-order valence-corrected chi connectivity index (χ4v) is 2.67. The molecule has 7 heteroatoms. The van der Waals surface area contributed by atoms with Gasteiger partial charge in [0.15, 0.2) is 5.82 Å². The Hall–Kier alpha value is -1.92. The Bertz CT molecular complexity index is 640. The van der Waals surface area contributed by atoms with Crippen LogP contribution in [0.25, 0.3) is 11.4 Å². The van der Waals surface area contributed by atoms with Crippen molar-refractivity contribution in [1.29, 1.82) is 0 Å². The molecule has 6 nitrogen and oxygen atoms in total. The van der Waals surface area contributed by atoms with Crippen molar-refractivity contribution in [2.45, 2.75) is 32.2 Å². The minimum absolute atomic E-state index is 0. The minimum Gasteiger partial charge on any atom is -0.328 e. The van der Waals surface area contributed by atoms with Gasteiger partial charge in [-0.3, -0.25) is 9.89 Å². The number of halogens is 1. The molecule has 118 valence electrons. The first-order valence-corrected chi connectivity index (χ1v) is 7.17. The molecule has 0 radical (unpaired) electrons. The second-order valence-electron chi connectivity index (χ2n) is 5.58. The van der Waals surface area contributed by atoms with E-state index >= 15 is 0 Å². The highest BCUT2D eigenvalue weighted by Gasteiger charge is 2.27. The first-order chi connectivity index (χ1) is 10.1. The second kappa shape index (κ2) is 6.89. The highest BCUT2D eigenvalue weighted by Crippen LogP contribution is 2.26. The summed E-state index contributed by atoms with van der Waals surface area (Å²) in [6.07, 6.45) is 2.59. The predicted molar refractivity (Wildman–Crippen MR) is 87.7 cm³/mol. The fraction of sp³-hybridized carbons (Fsp3) is 0.400. The molecule has 1 fully saturated rings. The number of aryl methyl sites for hydroxylation is 1. The summed E-state index contributed by atoms with van der Waals surface area (Å²) < 4.78 is 0. The molecule has 0 bridgehead atoms. The van der Waals surface area contributed by atoms with Crippen LogP contribution in [0.2, 0.25) is 0 Å². The topological polar surface area (TPSA) is 96.7 Å². The molecule has 2 unspecified atom stereocenters. The summed E-state index contributed by atoms with van der Waals surface area (Å²) in [6.45, 7) is 1.86. The molecule has 1 aliphatic rings. The van der Waals surface area contributed by atoms with E-state index in [0.29, 0.717) is 5.82 Å². The molecule has 2 atom stereocenters. The van der Waals surface area contributed by atoms with Gasteiger partial charge in [-0.05, 0) is 50.5 Å². The lowest BCUT2D eigenvalue weighted by Gasteiger charge is -2.10. The van der Waals surface area contributed by atoms with Crippen LogP contribution in [-0.4, -0.2) is 27.1 Å². The first kappa shape index (κ1) is 16.5. The average Bonchev–Trinajstić information content (AvgIpc) is 3.08. The number of anilines is 1. The van der Waals surface area contributed by atoms with Crippen molar-refractivity contribution >= 4 is 24.0 Å². The highest BCUT2D eigenvalue weighted by molar-refractivity contribution is 5.93. The number of amides is 1. The Labute approximate surface area is 135 Å². The molecule has 3 rings (SSSR count). The summed E-state index contributed by atoms with van der Waals surface area (Å²) in [5, 5.41) is 9.87. The van der Waals surface area contributed by atoms with Crippen molar-refractivity contribution in [3.05, 3.63) is 30.1 Å². The first-order valence-electron chi connectivity index (χ1n) is 7.17. The SMILES string of the molecule is Cc1nc(-c2ccc(NC(=O)C3CCC(N)C3)cc2)n[nH]1.Cl. The number of H-pyrrole nitrogens is 1. The molecule has 1 heterocycles. The van der Waals surface area contributed by atoms with Gasteiger partial charge in [0.05, 0.1) is 0 Å². The van der Waals surface area contributed by atoms with Crippen molar-refractivity contribution < 1.29 is 4.79 Å². The van der Waals surface area contributed by atoms with Crippen LogP contribution in [0.15, 0.2) is 24.3 Å². The summed E-state index contributed by atoms with van der Waals surface area (Å²) in [5.74, 6) is 1.53. The van der Waals surface area contributed by atoms with E-state index in [9.17, 15) is 4.79 Å². The molecule has 22 heavy (non-hydrogen) atoms. The molecule has 1 amide bonds. The van der Waals surface area contributed by atoms with Crippen molar-refractivity contribution in [3.63, 3.8) is 0 Å². The van der Waals surface area contributed by atoms with Crippen LogP contribution in [0.4, 0.5) is 5.69 Å². The Kier molecular flexibility index (Phi) is 5.15. The average molecular weight is 322 g/mol. The number of aromatic amines is 1. The maximum absolute atomic E-state index is 12.1. The third-order valence-corrected chi connectivity index (χ3v) is 3.85. The molecule has 1 saturated carbocycles. The number of benzene rings is 1. The minimum atomic E-state index is 0. The molecule has 0 spiro atoms. The van der Waals surface area contributed by atoms with Crippen LogP contribution in [0.5, 0.6) is 0 Å². The van der Waals surface area contributed by atoms with Crippen molar-refractivity contribution in [2.75, 3.05) is 5.32 Å². The summed E-state index contributed by atoms with van der Waals surface area (Å²) >= 11 is 0. The van der Waals surface area contributed by atoms with Crippen LogP contribution < -0.4 is 11.1 Å². The molecular formula is C15H20ClN5O. The fourth-order valence-electron chi connectivity index (χ4n) is 2.67. The standard InChI is InChI=1S/C15H19N5O.ClH/c1-9-17-14(20-19-9)10-3-6-13(7-4-10)18-15(21)11-2-5-12(16)8-11;/h3-4,6-7,11-12H,2,5,8,16H2,1H3,(H,18,21)(H,17,19,20);1H. The van der Waals surface area contributed by atoms with Gasteiger partial charge in [-0.1, -0.05) is 0 Å². The van der Waals surface area contributed by atoms with Gasteiger partial charge in [0.2, 0.25) is 5.91 Å². The number of carbonyl (C=O) groups is 1. The highest BCUT2D eigenvalue weighted by atomic mass is 35.5. The zero-order valence-electron chi connectivity index (χ0n) is 12.4. The Morgan fingerprint density at radius 1 is 1.32 bits per heavy atom. The molecule has 0 aliphatic heterocycles. The van der Waals surface area contributed by atoms with Gasteiger partial charge in [0.1, 0.15) is 5.82 Å². The van der Waals surface area contributed by atoms with E-state index in [1.165, 1.54) is 0 Å². The molecule has 0 saturated heterocycles. The third kappa shape index (κ3) is 3.64. The lowest BCUT2D eigenvalue weighted by atomic mass is 10.1. The lowest BCUT2D eigenvalue weighted by Crippen LogP contribution is -2.23. The van der Waals surface area contributed by atoms with Crippen LogP contribution in [0.1, 0.15) is 25.1 Å². The van der Waals surface area contributed by atoms with Gasteiger partial charge in [0.25, 0.3) is 0 Å². The largest absolute Gasteiger partial charge is 0.328 e. The van der Waals surface area contributed by atoms with Gasteiger partial charge in [-0.25, -0.2) is 4.98 Å². The second-order valence-corrected chi connectivity index (χ2v) is 5.58. The monoisotopic (exact) mass is 321 g/mol. The summed E-state index contributed by atoms with van der Waals surface area (Å²) in [7, 11) is 0.